The van der Waals surface area contributed by atoms with Crippen LogP contribution in [0, 0.1) is 0 Å². The lowest BCUT2D eigenvalue weighted by Gasteiger charge is -2.29. The molecule has 0 aliphatic rings. The summed E-state index contributed by atoms with van der Waals surface area (Å²) in [6, 6.07) is 0. The summed E-state index contributed by atoms with van der Waals surface area (Å²) >= 11 is 0. The maximum Gasteiger partial charge on any atom is 0.157 e. The number of hydrogen-bond acceptors (Lipinski definition) is 6. The number of aliphatic hydroxyl groups excluding tert-OH is 2. The molecule has 0 aliphatic carbocycles. The minimum atomic E-state index is -0.782. The van der Waals surface area contributed by atoms with Crippen LogP contribution in [0.1, 0.15) is 46.5 Å². The molecule has 0 rings (SSSR count). The second kappa shape index (κ2) is 9.65. The molecule has 0 fully saturated rings. The van der Waals surface area contributed by atoms with E-state index in [9.17, 15) is 0 Å². The number of nitrogens with two attached hydrogens (primary N) is 2. The van der Waals surface area contributed by atoms with Gasteiger partial charge < -0.3 is 31.2 Å². The van der Waals surface area contributed by atoms with Gasteiger partial charge in [-0.25, -0.2) is 0 Å². The van der Waals surface area contributed by atoms with Crippen molar-refractivity contribution in [2.75, 3.05) is 26.4 Å². The van der Waals surface area contributed by atoms with E-state index in [2.05, 4.69) is 6.92 Å². The normalized spacial score (nSPS) is 19.4. The third-order valence-corrected chi connectivity index (χ3v) is 2.96. The largest absolute Gasteiger partial charge is 0.394 e. The van der Waals surface area contributed by atoms with E-state index in [-0.39, 0.29) is 26.4 Å². The number of ether oxygens (including phenoxy) is 2. The van der Waals surface area contributed by atoms with E-state index in [4.69, 9.17) is 31.2 Å². The van der Waals surface area contributed by atoms with Crippen molar-refractivity contribution in [3.63, 3.8) is 0 Å². The summed E-state index contributed by atoms with van der Waals surface area (Å²) in [6.45, 7) is 5.68. The van der Waals surface area contributed by atoms with Crippen molar-refractivity contribution in [1.82, 2.24) is 0 Å². The minimum Gasteiger partial charge on any atom is -0.394 e. The van der Waals surface area contributed by atoms with Crippen LogP contribution in [-0.4, -0.2) is 54.0 Å². The van der Waals surface area contributed by atoms with E-state index >= 15 is 0 Å². The molecule has 0 aromatic carbocycles. The van der Waals surface area contributed by atoms with Crippen molar-refractivity contribution in [2.45, 2.75) is 63.8 Å². The molecule has 0 aromatic heterocycles. The Kier molecular flexibility index (Phi) is 9.54. The topological polar surface area (TPSA) is 111 Å². The molecule has 0 aromatic rings. The first kappa shape index (κ1) is 19.8. The first-order valence-electron chi connectivity index (χ1n) is 7.29. The second-order valence-electron chi connectivity index (χ2n) is 6.17. The molecule has 2 unspecified atom stereocenters. The van der Waals surface area contributed by atoms with Gasteiger partial charge in [0.1, 0.15) is 0 Å². The molecule has 0 aliphatic heterocycles. The Labute approximate surface area is 122 Å². The summed E-state index contributed by atoms with van der Waals surface area (Å²) in [6.07, 6.45) is 3.54. The van der Waals surface area contributed by atoms with Gasteiger partial charge in [0.05, 0.1) is 37.5 Å². The Balaban J connectivity index is 4.26. The van der Waals surface area contributed by atoms with Crippen LogP contribution in [0.5, 0.6) is 0 Å². The van der Waals surface area contributed by atoms with Gasteiger partial charge in [0, 0.05) is 0 Å². The van der Waals surface area contributed by atoms with Crippen LogP contribution in [0.3, 0.4) is 0 Å². The number of aliphatic hydroxyl groups is 2. The maximum absolute atomic E-state index is 9.12. The molecule has 0 radical (unpaired) electrons. The Morgan fingerprint density at radius 3 is 1.75 bits per heavy atom. The molecule has 0 saturated carbocycles. The zero-order valence-corrected chi connectivity index (χ0v) is 13.1. The van der Waals surface area contributed by atoms with Gasteiger partial charge in [-0.3, -0.25) is 0 Å². The van der Waals surface area contributed by atoms with Gasteiger partial charge in [-0.15, -0.1) is 0 Å². The van der Waals surface area contributed by atoms with Gasteiger partial charge in [-0.05, 0) is 26.7 Å². The lowest BCUT2D eigenvalue weighted by atomic mass is 10.1. The first-order valence-corrected chi connectivity index (χ1v) is 7.29. The van der Waals surface area contributed by atoms with E-state index in [0.717, 1.165) is 25.7 Å². The van der Waals surface area contributed by atoms with E-state index in [1.807, 2.05) is 0 Å². The fourth-order valence-electron chi connectivity index (χ4n) is 1.43. The number of rotatable bonds is 12. The Hall–Kier alpha value is -0.240. The molecule has 0 heterocycles. The van der Waals surface area contributed by atoms with Gasteiger partial charge in [-0.2, -0.15) is 0 Å². The molecule has 0 amide bonds. The standard InChI is InChI=1S/C14H32N2O4/c1-4-5-6-7-12(19-10-13(2,15)8-17)20-11-14(3,16)9-18/h12,17-18H,4-11,15-16H2,1-3H3. The zero-order valence-electron chi connectivity index (χ0n) is 13.1. The summed E-state index contributed by atoms with van der Waals surface area (Å²) in [5.41, 5.74) is 10.1. The number of hydrogen-bond donors (Lipinski definition) is 4. The molecular formula is C14H32N2O4. The third kappa shape index (κ3) is 9.63. The molecule has 6 N–H and O–H groups in total. The monoisotopic (exact) mass is 292 g/mol. The van der Waals surface area contributed by atoms with Crippen LogP contribution >= 0.6 is 0 Å². The summed E-state index contributed by atoms with van der Waals surface area (Å²) in [4.78, 5) is 0. The highest BCUT2D eigenvalue weighted by molar-refractivity contribution is 4.78. The molecule has 0 saturated heterocycles. The van der Waals surface area contributed by atoms with E-state index in [1.165, 1.54) is 0 Å². The van der Waals surface area contributed by atoms with Crippen molar-refractivity contribution in [3.05, 3.63) is 0 Å². The predicted octanol–water partition coefficient (Wildman–Crippen LogP) is 0.345. The number of unbranched alkanes of at least 4 members (excludes halogenated alkanes) is 2. The predicted molar refractivity (Wildman–Crippen MR) is 79.2 cm³/mol. The van der Waals surface area contributed by atoms with Gasteiger partial charge in [0.15, 0.2) is 6.29 Å². The fourth-order valence-corrected chi connectivity index (χ4v) is 1.43. The highest BCUT2D eigenvalue weighted by Crippen LogP contribution is 2.12. The van der Waals surface area contributed by atoms with Crippen LogP contribution in [0.25, 0.3) is 0 Å². The third-order valence-electron chi connectivity index (χ3n) is 2.96. The summed E-state index contributed by atoms with van der Waals surface area (Å²) < 4.78 is 11.3. The van der Waals surface area contributed by atoms with Gasteiger partial charge >= 0.3 is 0 Å². The molecule has 2 atom stereocenters. The summed E-state index contributed by atoms with van der Waals surface area (Å²) in [5, 5.41) is 18.2. The average Bonchev–Trinajstić information content (AvgIpc) is 2.41. The summed E-state index contributed by atoms with van der Waals surface area (Å²) in [7, 11) is 0. The molecule has 0 spiro atoms. The Morgan fingerprint density at radius 2 is 1.40 bits per heavy atom. The van der Waals surface area contributed by atoms with Crippen molar-refractivity contribution >= 4 is 0 Å². The quantitative estimate of drug-likeness (QED) is 0.305. The van der Waals surface area contributed by atoms with E-state index in [0.29, 0.717) is 0 Å². The van der Waals surface area contributed by atoms with Gasteiger partial charge in [0.2, 0.25) is 0 Å². The highest BCUT2D eigenvalue weighted by Gasteiger charge is 2.23. The Bertz CT molecular complexity index is 227. The van der Waals surface area contributed by atoms with E-state index < -0.39 is 17.4 Å². The zero-order chi connectivity index (χ0) is 15.6. The summed E-state index contributed by atoms with van der Waals surface area (Å²) in [5.74, 6) is 0. The first-order chi connectivity index (χ1) is 9.26. The van der Waals surface area contributed by atoms with Crippen LogP contribution in [0.4, 0.5) is 0 Å². The maximum atomic E-state index is 9.12. The molecule has 122 valence electrons. The highest BCUT2D eigenvalue weighted by atomic mass is 16.7. The molecule has 6 heteroatoms. The van der Waals surface area contributed by atoms with Crippen molar-refractivity contribution < 1.29 is 19.7 Å². The molecule has 20 heavy (non-hydrogen) atoms. The lowest BCUT2D eigenvalue weighted by Crippen LogP contribution is -2.48. The van der Waals surface area contributed by atoms with Crippen LogP contribution in [0.15, 0.2) is 0 Å². The fraction of sp³-hybridized carbons (Fsp3) is 1.00. The minimum absolute atomic E-state index is 0.153. The van der Waals surface area contributed by atoms with Crippen molar-refractivity contribution in [2.24, 2.45) is 11.5 Å². The van der Waals surface area contributed by atoms with Gasteiger partial charge in [-0.1, -0.05) is 19.8 Å². The lowest BCUT2D eigenvalue weighted by molar-refractivity contribution is -0.167. The molecule has 6 nitrogen and oxygen atoms in total. The van der Waals surface area contributed by atoms with Crippen LogP contribution in [-0.2, 0) is 9.47 Å². The van der Waals surface area contributed by atoms with Crippen LogP contribution < -0.4 is 11.5 Å². The smallest absolute Gasteiger partial charge is 0.157 e. The van der Waals surface area contributed by atoms with Crippen LogP contribution in [0.2, 0.25) is 0 Å². The van der Waals surface area contributed by atoms with Crippen molar-refractivity contribution in [3.8, 4) is 0 Å². The average molecular weight is 292 g/mol. The van der Waals surface area contributed by atoms with Gasteiger partial charge in [0.25, 0.3) is 0 Å². The molecule has 0 bridgehead atoms. The Morgan fingerprint density at radius 1 is 0.950 bits per heavy atom. The van der Waals surface area contributed by atoms with E-state index in [1.54, 1.807) is 13.8 Å². The van der Waals surface area contributed by atoms with Crippen molar-refractivity contribution in [1.29, 1.82) is 0 Å². The SMILES string of the molecule is CCCCCC(OCC(C)(N)CO)OCC(C)(N)CO. The molecular weight excluding hydrogens is 260 g/mol. The second-order valence-corrected chi connectivity index (χ2v) is 6.17.